The average molecular weight is 257 g/mol. The van der Waals surface area contributed by atoms with Gasteiger partial charge in [-0.1, -0.05) is 18.2 Å². The van der Waals surface area contributed by atoms with Gasteiger partial charge < -0.3 is 9.84 Å². The lowest BCUT2D eigenvalue weighted by atomic mass is 10.1. The molecule has 1 unspecified atom stereocenters. The molecule has 1 aromatic heterocycles. The van der Waals surface area contributed by atoms with Crippen molar-refractivity contribution in [2.24, 2.45) is 0 Å². The largest absolute Gasteiger partial charge is 0.486 e. The van der Waals surface area contributed by atoms with E-state index in [1.165, 1.54) is 0 Å². The Morgan fingerprint density at radius 2 is 1.95 bits per heavy atom. The van der Waals surface area contributed by atoms with Crippen LogP contribution in [-0.4, -0.2) is 16.1 Å². The van der Waals surface area contributed by atoms with Crippen LogP contribution in [0.1, 0.15) is 24.2 Å². The highest BCUT2D eigenvalue weighted by molar-refractivity contribution is 5.71. The first kappa shape index (κ1) is 13.1. The molecule has 98 valence electrons. The van der Waals surface area contributed by atoms with Gasteiger partial charge in [-0.2, -0.15) is 0 Å². The number of para-hydroxylation sites is 1. The molecule has 4 heteroatoms. The molecule has 2 rings (SSSR count). The van der Waals surface area contributed by atoms with Gasteiger partial charge in [-0.05, 0) is 30.7 Å². The lowest BCUT2D eigenvalue weighted by Crippen LogP contribution is -2.07. The predicted molar refractivity (Wildman–Crippen MR) is 71.1 cm³/mol. The molecule has 0 aliphatic rings. The Bertz CT molecular complexity index is 554. The number of pyridine rings is 1. The first-order chi connectivity index (χ1) is 9.16. The van der Waals surface area contributed by atoms with Crippen LogP contribution in [0, 0.1) is 0 Å². The summed E-state index contributed by atoms with van der Waals surface area (Å²) in [6.45, 7) is 1.92. The third kappa shape index (κ3) is 3.55. The van der Waals surface area contributed by atoms with E-state index in [1.807, 2.05) is 31.2 Å². The zero-order chi connectivity index (χ0) is 13.7. The summed E-state index contributed by atoms with van der Waals surface area (Å²) in [6, 6.07) is 11.0. The van der Waals surface area contributed by atoms with E-state index in [9.17, 15) is 4.79 Å². The van der Waals surface area contributed by atoms with E-state index in [-0.39, 0.29) is 12.5 Å². The lowest BCUT2D eigenvalue weighted by molar-refractivity contribution is -0.136. The van der Waals surface area contributed by atoms with Crippen LogP contribution < -0.4 is 4.74 Å². The van der Waals surface area contributed by atoms with Crippen molar-refractivity contribution in [3.63, 3.8) is 0 Å². The second-order valence-corrected chi connectivity index (χ2v) is 4.22. The monoisotopic (exact) mass is 257 g/mol. The number of rotatable bonds is 5. The summed E-state index contributed by atoms with van der Waals surface area (Å²) in [5.41, 5.74) is 1.68. The van der Waals surface area contributed by atoms with E-state index in [0.717, 1.165) is 5.56 Å². The van der Waals surface area contributed by atoms with Gasteiger partial charge in [0.15, 0.2) is 0 Å². The maximum atomic E-state index is 10.8. The van der Waals surface area contributed by atoms with Crippen molar-refractivity contribution in [1.29, 1.82) is 0 Å². The van der Waals surface area contributed by atoms with Gasteiger partial charge in [0.05, 0.1) is 6.42 Å². The van der Waals surface area contributed by atoms with E-state index in [2.05, 4.69) is 4.98 Å². The Morgan fingerprint density at radius 3 is 2.63 bits per heavy atom. The number of ether oxygens (including phenoxy) is 1. The maximum Gasteiger partial charge on any atom is 0.307 e. The van der Waals surface area contributed by atoms with E-state index in [4.69, 9.17) is 9.84 Å². The number of aliphatic carboxylic acids is 1. The smallest absolute Gasteiger partial charge is 0.307 e. The Labute approximate surface area is 111 Å². The van der Waals surface area contributed by atoms with Crippen LogP contribution in [0.4, 0.5) is 0 Å². The molecule has 0 spiro atoms. The summed E-state index contributed by atoms with van der Waals surface area (Å²) in [6.07, 6.45) is 3.22. The fourth-order valence-electron chi connectivity index (χ4n) is 1.82. The fourth-order valence-corrected chi connectivity index (χ4v) is 1.82. The van der Waals surface area contributed by atoms with Crippen molar-refractivity contribution >= 4 is 5.97 Å². The minimum atomic E-state index is -0.868. The molecular weight excluding hydrogens is 242 g/mol. The third-order valence-electron chi connectivity index (χ3n) is 2.79. The minimum absolute atomic E-state index is 0.0424. The minimum Gasteiger partial charge on any atom is -0.486 e. The molecule has 1 N–H and O–H groups in total. The number of hydrogen-bond acceptors (Lipinski definition) is 3. The van der Waals surface area contributed by atoms with Gasteiger partial charge in [0.2, 0.25) is 0 Å². The van der Waals surface area contributed by atoms with E-state index in [1.54, 1.807) is 24.5 Å². The van der Waals surface area contributed by atoms with Crippen molar-refractivity contribution < 1.29 is 14.6 Å². The Morgan fingerprint density at radius 1 is 1.26 bits per heavy atom. The van der Waals surface area contributed by atoms with E-state index in [0.29, 0.717) is 11.3 Å². The molecule has 19 heavy (non-hydrogen) atoms. The molecule has 4 nitrogen and oxygen atoms in total. The van der Waals surface area contributed by atoms with Crippen molar-refractivity contribution in [2.45, 2.75) is 19.4 Å². The van der Waals surface area contributed by atoms with Crippen molar-refractivity contribution in [3.05, 3.63) is 59.9 Å². The molecule has 1 heterocycles. The summed E-state index contributed by atoms with van der Waals surface area (Å²) < 4.78 is 5.84. The highest BCUT2D eigenvalue weighted by Crippen LogP contribution is 2.25. The number of hydrogen-bond donors (Lipinski definition) is 1. The summed E-state index contributed by atoms with van der Waals surface area (Å²) >= 11 is 0. The average Bonchev–Trinajstić information content (AvgIpc) is 2.41. The number of aromatic nitrogens is 1. The Kier molecular flexibility index (Phi) is 4.13. The second-order valence-electron chi connectivity index (χ2n) is 4.22. The molecule has 0 fully saturated rings. The van der Waals surface area contributed by atoms with Crippen LogP contribution in [-0.2, 0) is 11.2 Å². The zero-order valence-corrected chi connectivity index (χ0v) is 10.6. The van der Waals surface area contributed by atoms with Gasteiger partial charge in [0.25, 0.3) is 0 Å². The summed E-state index contributed by atoms with van der Waals surface area (Å²) in [7, 11) is 0. The van der Waals surface area contributed by atoms with Crippen molar-refractivity contribution in [3.8, 4) is 5.75 Å². The first-order valence-corrected chi connectivity index (χ1v) is 6.03. The molecule has 1 atom stereocenters. The van der Waals surface area contributed by atoms with Gasteiger partial charge in [0, 0.05) is 18.0 Å². The van der Waals surface area contributed by atoms with Crippen LogP contribution in [0.15, 0.2) is 48.8 Å². The Hall–Kier alpha value is -2.36. The number of nitrogens with zero attached hydrogens (tertiary/aromatic N) is 1. The maximum absolute atomic E-state index is 10.8. The first-order valence-electron chi connectivity index (χ1n) is 6.03. The molecule has 1 aromatic carbocycles. The summed E-state index contributed by atoms with van der Waals surface area (Å²) in [5.74, 6) is -0.262. The van der Waals surface area contributed by atoms with Gasteiger partial charge >= 0.3 is 5.97 Å². The van der Waals surface area contributed by atoms with Gasteiger partial charge in [-0.25, -0.2) is 0 Å². The quantitative estimate of drug-likeness (QED) is 0.894. The molecule has 0 bridgehead atoms. The zero-order valence-electron chi connectivity index (χ0n) is 10.6. The van der Waals surface area contributed by atoms with Crippen LogP contribution >= 0.6 is 0 Å². The van der Waals surface area contributed by atoms with Gasteiger partial charge in [-0.3, -0.25) is 9.78 Å². The third-order valence-corrected chi connectivity index (χ3v) is 2.79. The number of carboxylic acids is 1. The lowest BCUT2D eigenvalue weighted by Gasteiger charge is -2.17. The summed E-state index contributed by atoms with van der Waals surface area (Å²) in [5, 5.41) is 8.88. The topological polar surface area (TPSA) is 59.4 Å². The fraction of sp³-hybridized carbons (Fsp3) is 0.200. The highest BCUT2D eigenvalue weighted by Gasteiger charge is 2.11. The second kappa shape index (κ2) is 6.00. The normalized spacial score (nSPS) is 11.8. The number of benzene rings is 1. The molecule has 0 aliphatic carbocycles. The van der Waals surface area contributed by atoms with E-state index >= 15 is 0 Å². The summed E-state index contributed by atoms with van der Waals surface area (Å²) in [4.78, 5) is 14.8. The molecule has 0 aliphatic heterocycles. The van der Waals surface area contributed by atoms with Crippen molar-refractivity contribution in [1.82, 2.24) is 4.98 Å². The van der Waals surface area contributed by atoms with Crippen LogP contribution in [0.25, 0.3) is 0 Å². The Balaban J connectivity index is 2.17. The molecule has 2 aromatic rings. The standard InChI is InChI=1S/C15H15NO3/c1-11(12-6-8-16-9-7-12)19-14-5-3-2-4-13(14)10-15(17)18/h2-9,11H,10H2,1H3,(H,17,18). The molecule has 0 saturated carbocycles. The number of carbonyl (C=O) groups is 1. The highest BCUT2D eigenvalue weighted by atomic mass is 16.5. The molecule has 0 saturated heterocycles. The van der Waals surface area contributed by atoms with Crippen LogP contribution in [0.5, 0.6) is 5.75 Å². The molecule has 0 radical (unpaired) electrons. The van der Waals surface area contributed by atoms with Gasteiger partial charge in [0.1, 0.15) is 11.9 Å². The number of carboxylic acid groups (broad SMARTS) is 1. The molecule has 0 amide bonds. The SMILES string of the molecule is CC(Oc1ccccc1CC(=O)O)c1ccncc1. The van der Waals surface area contributed by atoms with Gasteiger partial charge in [-0.15, -0.1) is 0 Å². The predicted octanol–water partition coefficient (Wildman–Crippen LogP) is 2.85. The van der Waals surface area contributed by atoms with Crippen LogP contribution in [0.2, 0.25) is 0 Å². The van der Waals surface area contributed by atoms with E-state index < -0.39 is 5.97 Å². The van der Waals surface area contributed by atoms with Crippen LogP contribution in [0.3, 0.4) is 0 Å². The molecular formula is C15H15NO3. The van der Waals surface area contributed by atoms with Crippen molar-refractivity contribution in [2.75, 3.05) is 0 Å².